The average Bonchev–Trinajstić information content (AvgIpc) is 2.30. The van der Waals surface area contributed by atoms with Gasteiger partial charge in [0.15, 0.2) is 0 Å². The zero-order valence-corrected chi connectivity index (χ0v) is 8.16. The average molecular weight is 215 g/mol. The lowest BCUT2D eigenvalue weighted by Gasteiger charge is -2.06. The highest BCUT2D eigenvalue weighted by Crippen LogP contribution is 2.17. The summed E-state index contributed by atoms with van der Waals surface area (Å²) in [4.78, 5) is 18.3. The van der Waals surface area contributed by atoms with Crippen LogP contribution in [0.4, 0.5) is 0 Å². The highest BCUT2D eigenvalue weighted by atomic mass is 16.5. The Morgan fingerprint density at radius 2 is 1.94 bits per heavy atom. The van der Waals surface area contributed by atoms with E-state index in [-0.39, 0.29) is 11.6 Å². The molecule has 0 aliphatic carbocycles. The van der Waals surface area contributed by atoms with Crippen molar-refractivity contribution in [2.24, 2.45) is 0 Å². The number of carbonyl (C=O) groups is 1. The Hall–Kier alpha value is -2.43. The smallest absolute Gasteiger partial charge is 0.321 e. The van der Waals surface area contributed by atoms with Gasteiger partial charge in [-0.2, -0.15) is 0 Å². The van der Waals surface area contributed by atoms with Crippen molar-refractivity contribution in [1.82, 2.24) is 9.97 Å². The second kappa shape index (κ2) is 4.39. The molecular formula is C11H7N2O3-. The van der Waals surface area contributed by atoms with E-state index in [0.717, 1.165) is 0 Å². The van der Waals surface area contributed by atoms with Crippen LogP contribution in [0.25, 0.3) is 0 Å². The molecule has 0 aliphatic rings. The number of carbonyl (C=O) groups excluding carboxylic acids is 1. The monoisotopic (exact) mass is 215 g/mol. The first-order valence-corrected chi connectivity index (χ1v) is 4.52. The highest BCUT2D eigenvalue weighted by Gasteiger charge is 2.00. The van der Waals surface area contributed by atoms with E-state index in [1.807, 2.05) is 0 Å². The Morgan fingerprint density at radius 3 is 2.62 bits per heavy atom. The number of benzene rings is 1. The molecule has 0 amide bonds. The van der Waals surface area contributed by atoms with Gasteiger partial charge in [-0.15, -0.1) is 0 Å². The summed E-state index contributed by atoms with van der Waals surface area (Å²) in [6, 6.07) is 7.77. The lowest BCUT2D eigenvalue weighted by Crippen LogP contribution is -2.22. The Kier molecular flexibility index (Phi) is 2.77. The summed E-state index contributed by atoms with van der Waals surface area (Å²) in [6.07, 6.45) is 3.07. The summed E-state index contributed by atoms with van der Waals surface area (Å²) >= 11 is 0. The molecule has 0 aliphatic heterocycles. The summed E-state index contributed by atoms with van der Waals surface area (Å²) in [5.74, 6) is -0.896. The first kappa shape index (κ1) is 10.1. The second-order valence-corrected chi connectivity index (χ2v) is 2.95. The van der Waals surface area contributed by atoms with Crippen molar-refractivity contribution in [2.75, 3.05) is 0 Å². The van der Waals surface area contributed by atoms with Crippen molar-refractivity contribution in [3.63, 3.8) is 0 Å². The van der Waals surface area contributed by atoms with Gasteiger partial charge < -0.3 is 14.6 Å². The van der Waals surface area contributed by atoms with Gasteiger partial charge in [-0.1, -0.05) is 12.1 Å². The topological polar surface area (TPSA) is 75.1 Å². The van der Waals surface area contributed by atoms with E-state index in [0.29, 0.717) is 5.75 Å². The first-order chi connectivity index (χ1) is 7.75. The number of aromatic nitrogens is 2. The molecule has 0 N–H and O–H groups in total. The Balaban J connectivity index is 2.22. The molecule has 0 saturated heterocycles. The van der Waals surface area contributed by atoms with Crippen LogP contribution in [-0.2, 0) is 0 Å². The van der Waals surface area contributed by atoms with Gasteiger partial charge in [-0.3, -0.25) is 0 Å². The van der Waals surface area contributed by atoms with Gasteiger partial charge in [0.1, 0.15) is 5.75 Å². The number of carboxylic acids is 1. The summed E-state index contributed by atoms with van der Waals surface area (Å²) in [6.45, 7) is 0. The molecule has 1 aromatic heterocycles. The van der Waals surface area contributed by atoms with Gasteiger partial charge in [0, 0.05) is 18.0 Å². The molecule has 0 bridgehead atoms. The molecule has 0 unspecified atom stereocenters. The summed E-state index contributed by atoms with van der Waals surface area (Å²) in [7, 11) is 0. The van der Waals surface area contributed by atoms with Crippen LogP contribution >= 0.6 is 0 Å². The summed E-state index contributed by atoms with van der Waals surface area (Å²) in [5, 5.41) is 10.6. The van der Waals surface area contributed by atoms with Crippen LogP contribution in [0, 0.1) is 0 Å². The maximum Gasteiger partial charge on any atom is 0.321 e. The Morgan fingerprint density at radius 1 is 1.19 bits per heavy atom. The lowest BCUT2D eigenvalue weighted by atomic mass is 10.2. The van der Waals surface area contributed by atoms with Gasteiger partial charge in [0.05, 0.1) is 5.97 Å². The number of nitrogens with zero attached hydrogens (tertiary/aromatic N) is 2. The predicted molar refractivity (Wildman–Crippen MR) is 52.9 cm³/mol. The van der Waals surface area contributed by atoms with Crippen LogP contribution in [-0.4, -0.2) is 15.9 Å². The Labute approximate surface area is 91.4 Å². The van der Waals surface area contributed by atoms with Crippen molar-refractivity contribution in [3.8, 4) is 11.8 Å². The van der Waals surface area contributed by atoms with Crippen LogP contribution in [0.1, 0.15) is 10.4 Å². The number of hydrogen-bond acceptors (Lipinski definition) is 5. The highest BCUT2D eigenvalue weighted by molar-refractivity contribution is 5.86. The zero-order valence-electron chi connectivity index (χ0n) is 8.16. The minimum atomic E-state index is -1.25. The standard InChI is InChI=1S/C11H8N2O3/c14-10(15)8-3-1-4-9(7-8)16-11-12-5-2-6-13-11/h1-7H,(H,14,15)/p-1. The van der Waals surface area contributed by atoms with Crippen molar-refractivity contribution >= 4 is 5.97 Å². The molecule has 0 atom stereocenters. The van der Waals surface area contributed by atoms with Crippen molar-refractivity contribution in [3.05, 3.63) is 48.3 Å². The number of rotatable bonds is 3. The van der Waals surface area contributed by atoms with Gasteiger partial charge >= 0.3 is 6.01 Å². The largest absolute Gasteiger partial charge is 0.545 e. The van der Waals surface area contributed by atoms with E-state index in [1.54, 1.807) is 18.2 Å². The van der Waals surface area contributed by atoms with Crippen LogP contribution in [0.3, 0.4) is 0 Å². The molecule has 1 aromatic carbocycles. The van der Waals surface area contributed by atoms with Crippen molar-refractivity contribution < 1.29 is 14.6 Å². The van der Waals surface area contributed by atoms with Crippen LogP contribution in [0.2, 0.25) is 0 Å². The minimum absolute atomic E-state index is 0.0495. The van der Waals surface area contributed by atoms with Crippen molar-refractivity contribution in [2.45, 2.75) is 0 Å². The molecule has 16 heavy (non-hydrogen) atoms. The zero-order chi connectivity index (χ0) is 11.4. The molecule has 1 heterocycles. The number of aromatic carboxylic acids is 1. The third-order valence-corrected chi connectivity index (χ3v) is 1.82. The van der Waals surface area contributed by atoms with Crippen LogP contribution in [0.5, 0.6) is 11.8 Å². The quantitative estimate of drug-likeness (QED) is 0.750. The fourth-order valence-electron chi connectivity index (χ4n) is 1.13. The molecule has 2 rings (SSSR count). The van der Waals surface area contributed by atoms with Gasteiger partial charge in [0.25, 0.3) is 0 Å². The molecule has 2 aromatic rings. The SMILES string of the molecule is O=C([O-])c1cccc(Oc2ncccn2)c1. The van der Waals surface area contributed by atoms with Crippen molar-refractivity contribution in [1.29, 1.82) is 0 Å². The molecule has 0 spiro atoms. The molecule has 0 radical (unpaired) electrons. The summed E-state index contributed by atoms with van der Waals surface area (Å²) < 4.78 is 5.26. The molecule has 5 heteroatoms. The van der Waals surface area contributed by atoms with E-state index in [1.165, 1.54) is 24.5 Å². The second-order valence-electron chi connectivity index (χ2n) is 2.95. The molecule has 80 valence electrons. The third-order valence-electron chi connectivity index (χ3n) is 1.82. The number of hydrogen-bond donors (Lipinski definition) is 0. The maximum atomic E-state index is 10.6. The fourth-order valence-corrected chi connectivity index (χ4v) is 1.13. The maximum absolute atomic E-state index is 10.6. The first-order valence-electron chi connectivity index (χ1n) is 4.52. The third kappa shape index (κ3) is 2.33. The fraction of sp³-hybridized carbons (Fsp3) is 0. The molecule has 0 fully saturated rings. The summed E-state index contributed by atoms with van der Waals surface area (Å²) in [5.41, 5.74) is 0.0495. The van der Waals surface area contributed by atoms with E-state index in [4.69, 9.17) is 4.74 Å². The van der Waals surface area contributed by atoms with E-state index in [2.05, 4.69) is 9.97 Å². The van der Waals surface area contributed by atoms with Crippen LogP contribution in [0.15, 0.2) is 42.7 Å². The number of carboxylic acid groups (broad SMARTS) is 1. The molecule has 5 nitrogen and oxygen atoms in total. The van der Waals surface area contributed by atoms with Gasteiger partial charge in [0.2, 0.25) is 0 Å². The van der Waals surface area contributed by atoms with E-state index in [9.17, 15) is 9.90 Å². The van der Waals surface area contributed by atoms with E-state index < -0.39 is 5.97 Å². The molecular weight excluding hydrogens is 208 g/mol. The van der Waals surface area contributed by atoms with Gasteiger partial charge in [-0.05, 0) is 18.2 Å². The van der Waals surface area contributed by atoms with Crippen LogP contribution < -0.4 is 9.84 Å². The minimum Gasteiger partial charge on any atom is -0.545 e. The number of ether oxygens (including phenoxy) is 1. The van der Waals surface area contributed by atoms with E-state index >= 15 is 0 Å². The molecule has 0 saturated carbocycles. The lowest BCUT2D eigenvalue weighted by molar-refractivity contribution is -0.255. The normalized spacial score (nSPS) is 9.75. The van der Waals surface area contributed by atoms with Gasteiger partial charge in [-0.25, -0.2) is 9.97 Å². The Bertz CT molecular complexity index is 500. The predicted octanol–water partition coefficient (Wildman–Crippen LogP) is 0.632.